The lowest BCUT2D eigenvalue weighted by molar-refractivity contribution is -0.158. The number of hydrogen-bond donors (Lipinski definition) is 1. The van der Waals surface area contributed by atoms with Gasteiger partial charge in [-0.3, -0.25) is 14.4 Å². The maximum Gasteiger partial charge on any atom is 0.306 e. The van der Waals surface area contributed by atoms with Crippen molar-refractivity contribution in [2.75, 3.05) is 7.11 Å². The minimum atomic E-state index is -0.833. The van der Waals surface area contributed by atoms with Gasteiger partial charge in [-0.05, 0) is 30.6 Å². The van der Waals surface area contributed by atoms with Crippen LogP contribution in [-0.2, 0) is 23.9 Å². The Morgan fingerprint density at radius 2 is 1.65 bits per heavy atom. The Balaban J connectivity index is 0.00000108. The minimum absolute atomic E-state index is 0.00824. The van der Waals surface area contributed by atoms with E-state index in [1.54, 1.807) is 0 Å². The fourth-order valence-corrected chi connectivity index (χ4v) is 2.78. The third-order valence-electron chi connectivity index (χ3n) is 4.01. The Labute approximate surface area is 138 Å². The van der Waals surface area contributed by atoms with Crippen molar-refractivity contribution in [2.24, 2.45) is 17.8 Å². The Kier molecular flexibility index (Phi) is 10.3. The minimum Gasteiger partial charge on any atom is -0.481 e. The Hall–Kier alpha value is -1.59. The van der Waals surface area contributed by atoms with Crippen LogP contribution < -0.4 is 0 Å². The first-order chi connectivity index (χ1) is 10.7. The molecule has 0 heterocycles. The molecule has 1 rings (SSSR count). The summed E-state index contributed by atoms with van der Waals surface area (Å²) in [4.78, 5) is 31.8. The van der Waals surface area contributed by atoms with E-state index in [4.69, 9.17) is 14.6 Å². The fourth-order valence-electron chi connectivity index (χ4n) is 2.78. The number of hydrogen-bond acceptors (Lipinski definition) is 5. The monoisotopic (exact) mass is 330 g/mol. The number of esters is 2. The molecule has 0 saturated heterocycles. The van der Waals surface area contributed by atoms with Crippen LogP contribution in [0.5, 0.6) is 0 Å². The number of carboxylic acids is 1. The van der Waals surface area contributed by atoms with Gasteiger partial charge in [0.05, 0.1) is 20.0 Å². The molecule has 3 atom stereocenters. The standard InChI is InChI=1S/C15H26O4.C2H4O2/c1-10(2)12-6-5-11(3)9-13(12)19-15(17)8-7-14(16)18-4;1-2(3)4/h10-13H,5-9H2,1-4H3;1H3,(H,3,4). The molecule has 0 spiro atoms. The average molecular weight is 330 g/mol. The third-order valence-corrected chi connectivity index (χ3v) is 4.01. The first-order valence-corrected chi connectivity index (χ1v) is 8.13. The van der Waals surface area contributed by atoms with E-state index in [1.807, 2.05) is 0 Å². The van der Waals surface area contributed by atoms with Crippen molar-refractivity contribution in [3.63, 3.8) is 0 Å². The number of rotatable bonds is 5. The van der Waals surface area contributed by atoms with Crippen LogP contribution >= 0.6 is 0 Å². The van der Waals surface area contributed by atoms with Gasteiger partial charge in [-0.1, -0.05) is 27.2 Å². The highest BCUT2D eigenvalue weighted by Gasteiger charge is 2.33. The molecular formula is C17H30O6. The van der Waals surface area contributed by atoms with Crippen molar-refractivity contribution >= 4 is 17.9 Å². The quantitative estimate of drug-likeness (QED) is 0.779. The molecule has 1 fully saturated rings. The average Bonchev–Trinajstić information content (AvgIpc) is 2.43. The number of methoxy groups -OCH3 is 1. The molecule has 0 aromatic rings. The van der Waals surface area contributed by atoms with Gasteiger partial charge in [-0.2, -0.15) is 0 Å². The maximum atomic E-state index is 11.8. The molecule has 1 N–H and O–H groups in total. The molecule has 134 valence electrons. The normalized spacial score (nSPS) is 23.5. The zero-order chi connectivity index (χ0) is 18.0. The SMILES string of the molecule is CC(=O)O.COC(=O)CCC(=O)OC1CC(C)CCC1C(C)C. The molecule has 0 radical (unpaired) electrons. The predicted molar refractivity (Wildman–Crippen MR) is 85.8 cm³/mol. The Bertz CT molecular complexity index is 387. The number of carbonyl (C=O) groups is 3. The molecule has 0 aromatic heterocycles. The van der Waals surface area contributed by atoms with E-state index in [1.165, 1.54) is 13.5 Å². The van der Waals surface area contributed by atoms with E-state index in [0.29, 0.717) is 17.8 Å². The van der Waals surface area contributed by atoms with Gasteiger partial charge in [-0.15, -0.1) is 0 Å². The van der Waals surface area contributed by atoms with Crippen LogP contribution in [0.2, 0.25) is 0 Å². The number of aliphatic carboxylic acids is 1. The van der Waals surface area contributed by atoms with Crippen LogP contribution in [0.25, 0.3) is 0 Å². The van der Waals surface area contributed by atoms with Gasteiger partial charge >= 0.3 is 11.9 Å². The van der Waals surface area contributed by atoms with Crippen molar-refractivity contribution in [1.29, 1.82) is 0 Å². The van der Waals surface area contributed by atoms with Gasteiger partial charge in [-0.25, -0.2) is 0 Å². The van der Waals surface area contributed by atoms with Gasteiger partial charge < -0.3 is 14.6 Å². The van der Waals surface area contributed by atoms with Crippen molar-refractivity contribution < 1.29 is 29.0 Å². The van der Waals surface area contributed by atoms with E-state index in [2.05, 4.69) is 25.5 Å². The van der Waals surface area contributed by atoms with Crippen LogP contribution in [0.1, 0.15) is 59.8 Å². The summed E-state index contributed by atoms with van der Waals surface area (Å²) >= 11 is 0. The summed E-state index contributed by atoms with van der Waals surface area (Å²) in [6.07, 6.45) is 3.49. The molecule has 6 nitrogen and oxygen atoms in total. The second-order valence-electron chi connectivity index (χ2n) is 6.45. The predicted octanol–water partition coefficient (Wildman–Crippen LogP) is 3.03. The van der Waals surface area contributed by atoms with Crippen LogP contribution in [0.4, 0.5) is 0 Å². The molecule has 23 heavy (non-hydrogen) atoms. The summed E-state index contributed by atoms with van der Waals surface area (Å²) in [5.41, 5.74) is 0. The van der Waals surface area contributed by atoms with Crippen molar-refractivity contribution in [2.45, 2.75) is 65.9 Å². The van der Waals surface area contributed by atoms with E-state index in [-0.39, 0.29) is 30.9 Å². The second-order valence-corrected chi connectivity index (χ2v) is 6.45. The summed E-state index contributed by atoms with van der Waals surface area (Å²) in [6, 6.07) is 0. The summed E-state index contributed by atoms with van der Waals surface area (Å²) in [5, 5.41) is 7.42. The lowest BCUT2D eigenvalue weighted by Gasteiger charge is -2.36. The third kappa shape index (κ3) is 9.92. The van der Waals surface area contributed by atoms with E-state index in [9.17, 15) is 9.59 Å². The fraction of sp³-hybridized carbons (Fsp3) is 0.824. The lowest BCUT2D eigenvalue weighted by Crippen LogP contribution is -2.35. The molecule has 1 aliphatic carbocycles. The highest BCUT2D eigenvalue weighted by Crippen LogP contribution is 2.35. The van der Waals surface area contributed by atoms with Gasteiger partial charge in [0.15, 0.2) is 0 Å². The lowest BCUT2D eigenvalue weighted by atomic mass is 9.75. The van der Waals surface area contributed by atoms with E-state index < -0.39 is 5.97 Å². The van der Waals surface area contributed by atoms with Gasteiger partial charge in [0.2, 0.25) is 0 Å². The highest BCUT2D eigenvalue weighted by molar-refractivity contribution is 5.77. The van der Waals surface area contributed by atoms with E-state index >= 15 is 0 Å². The van der Waals surface area contributed by atoms with Crippen LogP contribution in [-0.4, -0.2) is 36.2 Å². The smallest absolute Gasteiger partial charge is 0.306 e. The van der Waals surface area contributed by atoms with Gasteiger partial charge in [0.25, 0.3) is 5.97 Å². The van der Waals surface area contributed by atoms with Crippen LogP contribution in [0.15, 0.2) is 0 Å². The summed E-state index contributed by atoms with van der Waals surface area (Å²) in [6.45, 7) is 7.64. The highest BCUT2D eigenvalue weighted by atomic mass is 16.5. The molecule has 1 saturated carbocycles. The summed E-state index contributed by atoms with van der Waals surface area (Å²) in [5.74, 6) is 0.0853. The Morgan fingerprint density at radius 3 is 2.13 bits per heavy atom. The molecule has 3 unspecified atom stereocenters. The topological polar surface area (TPSA) is 89.9 Å². The zero-order valence-electron chi connectivity index (χ0n) is 14.8. The first kappa shape index (κ1) is 21.4. The molecule has 0 aliphatic heterocycles. The maximum absolute atomic E-state index is 11.8. The first-order valence-electron chi connectivity index (χ1n) is 8.13. The van der Waals surface area contributed by atoms with Crippen LogP contribution in [0.3, 0.4) is 0 Å². The number of ether oxygens (including phenoxy) is 2. The summed E-state index contributed by atoms with van der Waals surface area (Å²) in [7, 11) is 1.32. The molecule has 1 aliphatic rings. The van der Waals surface area contributed by atoms with Crippen molar-refractivity contribution in [1.82, 2.24) is 0 Å². The molecule has 0 amide bonds. The largest absolute Gasteiger partial charge is 0.481 e. The molecule has 0 aromatic carbocycles. The van der Waals surface area contributed by atoms with Crippen molar-refractivity contribution in [3.8, 4) is 0 Å². The second kappa shape index (κ2) is 11.0. The van der Waals surface area contributed by atoms with Crippen molar-refractivity contribution in [3.05, 3.63) is 0 Å². The van der Waals surface area contributed by atoms with E-state index in [0.717, 1.165) is 19.8 Å². The molecule has 0 bridgehead atoms. The van der Waals surface area contributed by atoms with Gasteiger partial charge in [0.1, 0.15) is 6.10 Å². The zero-order valence-corrected chi connectivity index (χ0v) is 14.8. The summed E-state index contributed by atoms with van der Waals surface area (Å²) < 4.78 is 10.1. The Morgan fingerprint density at radius 1 is 1.13 bits per heavy atom. The number of carboxylic acid groups (broad SMARTS) is 1. The van der Waals surface area contributed by atoms with Gasteiger partial charge in [0, 0.05) is 6.92 Å². The van der Waals surface area contributed by atoms with Crippen LogP contribution in [0, 0.1) is 17.8 Å². The number of carbonyl (C=O) groups excluding carboxylic acids is 2. The molecular weight excluding hydrogens is 300 g/mol. The molecule has 6 heteroatoms.